The molecule has 4 aromatic heterocycles. The molecule has 0 saturated heterocycles. The van der Waals surface area contributed by atoms with Crippen LogP contribution < -0.4 is 15.3 Å². The normalized spacial score (nSPS) is 10.4. The molecule has 0 aliphatic rings. The zero-order chi connectivity index (χ0) is 39.2. The molecular weight excluding hydrogens is 780 g/mol. The average Bonchev–Trinajstić information content (AvgIpc) is 3.18. The standard InChI is InChI=1S/C16H36N.2C12H8N2O4.Ru/c1-5-9-13-17(14-10-6-2,15-11-7-3)16-12-8-4;2*15-11(16)7-1-3-13-9(5-7)10-6-8(12(17)18)2-4-14-10;/h5-16H2,1-4H3;2*1-6H,(H,15,16)(H,17,18);/q+1;;;+2/p-3. The van der Waals surface area contributed by atoms with Crippen molar-refractivity contribution >= 4 is 23.9 Å². The third-order valence-corrected chi connectivity index (χ3v) is 8.46. The van der Waals surface area contributed by atoms with E-state index < -0.39 is 23.9 Å². The first-order valence-electron chi connectivity index (χ1n) is 18.0. The second-order valence-electron chi connectivity index (χ2n) is 12.5. The number of carbonyl (C=O) groups excluding carboxylic acids is 3. The molecule has 0 aliphatic heterocycles. The number of carboxylic acids is 4. The number of quaternary nitrogens is 1. The van der Waals surface area contributed by atoms with E-state index in [4.69, 9.17) is 5.11 Å². The molecule has 14 heteroatoms. The van der Waals surface area contributed by atoms with Crippen LogP contribution in [0.25, 0.3) is 22.8 Å². The summed E-state index contributed by atoms with van der Waals surface area (Å²) in [5.41, 5.74) is 0.974. The van der Waals surface area contributed by atoms with Crippen LogP contribution in [0.1, 0.15) is 120 Å². The summed E-state index contributed by atoms with van der Waals surface area (Å²) in [6, 6.07) is 10.3. The first-order chi connectivity index (χ1) is 25.4. The van der Waals surface area contributed by atoms with Crippen LogP contribution in [-0.2, 0) is 19.5 Å². The Bertz CT molecular complexity index is 1530. The summed E-state index contributed by atoms with van der Waals surface area (Å²) in [5, 5.41) is 40.9. The molecule has 0 atom stereocenters. The maximum atomic E-state index is 10.8. The van der Waals surface area contributed by atoms with Crippen LogP contribution >= 0.6 is 0 Å². The van der Waals surface area contributed by atoms with Gasteiger partial charge in [-0.15, -0.1) is 0 Å². The van der Waals surface area contributed by atoms with Crippen LogP contribution in [0.4, 0.5) is 0 Å². The summed E-state index contributed by atoms with van der Waals surface area (Å²) < 4.78 is 1.42. The van der Waals surface area contributed by atoms with Gasteiger partial charge in [-0.3, -0.25) is 19.9 Å². The molecule has 0 aromatic carbocycles. The van der Waals surface area contributed by atoms with Gasteiger partial charge in [-0.1, -0.05) is 53.4 Å². The van der Waals surface area contributed by atoms with Crippen LogP contribution in [0.5, 0.6) is 0 Å². The summed E-state index contributed by atoms with van der Waals surface area (Å²) in [6.45, 7) is 15.0. The molecule has 0 fully saturated rings. The van der Waals surface area contributed by atoms with Crippen molar-refractivity contribution in [2.75, 3.05) is 26.2 Å². The number of rotatable bonds is 18. The summed E-state index contributed by atoms with van der Waals surface area (Å²) in [7, 11) is 0. The maximum absolute atomic E-state index is 10.8. The van der Waals surface area contributed by atoms with Gasteiger partial charge in [0.1, 0.15) is 0 Å². The average molecular weight is 829 g/mol. The largest absolute Gasteiger partial charge is 2.00 e. The van der Waals surface area contributed by atoms with E-state index in [1.54, 1.807) is 0 Å². The molecule has 0 aliphatic carbocycles. The number of hydrogen-bond acceptors (Lipinski definition) is 11. The van der Waals surface area contributed by atoms with Crippen LogP contribution in [0.2, 0.25) is 0 Å². The Morgan fingerprint density at radius 1 is 0.500 bits per heavy atom. The Morgan fingerprint density at radius 2 is 0.741 bits per heavy atom. The van der Waals surface area contributed by atoms with Gasteiger partial charge in [0.2, 0.25) is 0 Å². The number of carboxylic acid groups (broad SMARTS) is 4. The van der Waals surface area contributed by atoms with Crippen LogP contribution in [0.15, 0.2) is 73.3 Å². The van der Waals surface area contributed by atoms with Crippen LogP contribution in [0, 0.1) is 0 Å². The van der Waals surface area contributed by atoms with E-state index in [0.717, 1.165) is 0 Å². The van der Waals surface area contributed by atoms with Crippen molar-refractivity contribution in [1.82, 2.24) is 19.9 Å². The van der Waals surface area contributed by atoms with Gasteiger partial charge in [0.25, 0.3) is 0 Å². The number of aromatic carboxylic acids is 4. The number of aromatic nitrogens is 4. The first-order valence-corrected chi connectivity index (χ1v) is 18.0. The van der Waals surface area contributed by atoms with E-state index in [1.165, 1.54) is 155 Å². The van der Waals surface area contributed by atoms with Crippen molar-refractivity contribution < 1.29 is 63.6 Å². The second kappa shape index (κ2) is 25.1. The van der Waals surface area contributed by atoms with Gasteiger partial charge in [0, 0.05) is 41.5 Å². The molecule has 0 amide bonds. The summed E-state index contributed by atoms with van der Waals surface area (Å²) in [5.74, 6) is -5.09. The molecule has 1 N–H and O–H groups in total. The van der Waals surface area contributed by atoms with Crippen molar-refractivity contribution in [3.05, 3.63) is 95.6 Å². The van der Waals surface area contributed by atoms with E-state index >= 15 is 0 Å². The third kappa shape index (κ3) is 16.0. The molecule has 290 valence electrons. The summed E-state index contributed by atoms with van der Waals surface area (Å²) in [6.07, 6.45) is 16.3. The fourth-order valence-electron chi connectivity index (χ4n) is 5.44. The zero-order valence-electron chi connectivity index (χ0n) is 31.3. The Balaban J connectivity index is 0.000000402. The molecule has 0 unspecified atom stereocenters. The molecule has 13 nitrogen and oxygen atoms in total. The topological polar surface area (TPSA) is 209 Å². The SMILES string of the molecule is CCCC[N+](CCCC)(CCCC)CCCC.O=C([O-])c1ccnc(-c2cc(C(=O)O)ccn2)c1.O=C([O-])c1ccnc(-c2cc(C(=O)[O-])ccn2)c1.[Ru+2]. The smallest absolute Gasteiger partial charge is 0.545 e. The number of unbranched alkanes of at least 4 members (excludes halogenated alkanes) is 4. The van der Waals surface area contributed by atoms with Crippen molar-refractivity contribution in [3.8, 4) is 22.8 Å². The van der Waals surface area contributed by atoms with E-state index in [-0.39, 0.29) is 64.5 Å². The molecule has 4 heterocycles. The van der Waals surface area contributed by atoms with Crippen LogP contribution in [0.3, 0.4) is 0 Å². The monoisotopic (exact) mass is 829 g/mol. The van der Waals surface area contributed by atoms with E-state index in [1.807, 2.05) is 0 Å². The van der Waals surface area contributed by atoms with E-state index in [9.17, 15) is 34.5 Å². The Labute approximate surface area is 329 Å². The number of hydrogen-bond donors (Lipinski definition) is 1. The summed E-state index contributed by atoms with van der Waals surface area (Å²) in [4.78, 5) is 58.7. The maximum Gasteiger partial charge on any atom is 2.00 e. The van der Waals surface area contributed by atoms with Crippen molar-refractivity contribution in [3.63, 3.8) is 0 Å². The van der Waals surface area contributed by atoms with Gasteiger partial charge in [0.15, 0.2) is 0 Å². The minimum Gasteiger partial charge on any atom is -0.545 e. The van der Waals surface area contributed by atoms with Gasteiger partial charge >= 0.3 is 25.4 Å². The van der Waals surface area contributed by atoms with Gasteiger partial charge in [0.05, 0.1) is 72.4 Å². The Kier molecular flexibility index (Phi) is 21.9. The van der Waals surface area contributed by atoms with Gasteiger partial charge in [-0.05, 0) is 74.2 Å². The first kappa shape index (κ1) is 47.1. The predicted molar refractivity (Wildman–Crippen MR) is 194 cm³/mol. The minimum atomic E-state index is -1.34. The predicted octanol–water partition coefficient (Wildman–Crippen LogP) is 4.08. The van der Waals surface area contributed by atoms with Crippen LogP contribution in [-0.4, -0.2) is 79.6 Å². The molecule has 0 saturated carbocycles. The molecule has 4 rings (SSSR count). The quantitative estimate of drug-likeness (QED) is 0.111. The molecule has 0 radical (unpaired) electrons. The molecule has 0 bridgehead atoms. The van der Waals surface area contributed by atoms with Gasteiger partial charge in [-0.25, -0.2) is 4.79 Å². The second-order valence-corrected chi connectivity index (χ2v) is 12.5. The van der Waals surface area contributed by atoms with Crippen molar-refractivity contribution in [2.24, 2.45) is 0 Å². The number of nitrogens with zero attached hydrogens (tertiary/aromatic N) is 5. The Hall–Kier alpha value is -4.94. The fraction of sp³-hybridized carbons (Fsp3) is 0.400. The number of pyridine rings is 4. The fourth-order valence-corrected chi connectivity index (χ4v) is 5.44. The van der Waals surface area contributed by atoms with Crippen molar-refractivity contribution in [1.29, 1.82) is 0 Å². The van der Waals surface area contributed by atoms with E-state index in [2.05, 4.69) is 47.6 Å². The van der Waals surface area contributed by atoms with Gasteiger partial charge < -0.3 is 39.3 Å². The molecular formula is C40H49N5O8Ru. The minimum absolute atomic E-state index is 0. The van der Waals surface area contributed by atoms with E-state index in [0.29, 0.717) is 0 Å². The molecule has 4 aromatic rings. The molecule has 54 heavy (non-hydrogen) atoms. The summed E-state index contributed by atoms with van der Waals surface area (Å²) >= 11 is 0. The Morgan fingerprint density at radius 3 is 0.963 bits per heavy atom. The van der Waals surface area contributed by atoms with Crippen molar-refractivity contribution in [2.45, 2.75) is 79.1 Å². The third-order valence-electron chi connectivity index (χ3n) is 8.46. The van der Waals surface area contributed by atoms with Gasteiger partial charge in [-0.2, -0.15) is 0 Å². The number of carbonyl (C=O) groups is 4. The zero-order valence-corrected chi connectivity index (χ0v) is 33.0. The molecule has 0 spiro atoms.